The summed E-state index contributed by atoms with van der Waals surface area (Å²) in [4.78, 5) is 50.0. The van der Waals surface area contributed by atoms with Gasteiger partial charge in [-0.05, 0) is 37.1 Å². The van der Waals surface area contributed by atoms with E-state index in [0.717, 1.165) is 0 Å². The Morgan fingerprint density at radius 3 is 2.27 bits per heavy atom. The maximum absolute atomic E-state index is 13.2. The fourth-order valence-corrected chi connectivity index (χ4v) is 3.24. The van der Waals surface area contributed by atoms with Gasteiger partial charge in [0.05, 0.1) is 0 Å². The van der Waals surface area contributed by atoms with Gasteiger partial charge in [-0.1, -0.05) is 18.6 Å². The van der Waals surface area contributed by atoms with Gasteiger partial charge in [0.15, 0.2) is 0 Å². The van der Waals surface area contributed by atoms with Crippen LogP contribution in [0.1, 0.15) is 38.2 Å². The first-order valence-corrected chi connectivity index (χ1v) is 10.3. The molecule has 30 heavy (non-hydrogen) atoms. The third-order valence-electron chi connectivity index (χ3n) is 4.42. The number of imide groups is 1. The van der Waals surface area contributed by atoms with Crippen LogP contribution in [0.4, 0.5) is 0 Å². The Morgan fingerprint density at radius 2 is 1.77 bits per heavy atom. The highest BCUT2D eigenvalue weighted by molar-refractivity contribution is 7.80. The van der Waals surface area contributed by atoms with Gasteiger partial charge in [-0.3, -0.25) is 19.3 Å². The van der Waals surface area contributed by atoms with Crippen molar-refractivity contribution in [1.29, 1.82) is 0 Å². The molecule has 3 amide bonds. The van der Waals surface area contributed by atoms with Gasteiger partial charge in [-0.2, -0.15) is 12.6 Å². The molecule has 0 saturated carbocycles. The van der Waals surface area contributed by atoms with Crippen molar-refractivity contribution in [2.24, 2.45) is 5.73 Å². The van der Waals surface area contributed by atoms with Crippen LogP contribution in [-0.2, 0) is 25.6 Å². The smallest absolute Gasteiger partial charge is 0.327 e. The summed E-state index contributed by atoms with van der Waals surface area (Å²) in [6, 6.07) is 3.39. The lowest BCUT2D eigenvalue weighted by molar-refractivity contribution is -0.158. The van der Waals surface area contributed by atoms with E-state index in [-0.39, 0.29) is 24.3 Å². The SMILES string of the molecule is CC(=O)N[C@@H](Cc1ccc(O)cc1)C(=O)N(C(=O)CCCCCN)[C@@H](CS)C(=O)O. The van der Waals surface area contributed by atoms with Crippen LogP contribution in [-0.4, -0.2) is 63.2 Å². The summed E-state index contributed by atoms with van der Waals surface area (Å²) in [5, 5.41) is 21.4. The molecule has 2 atom stereocenters. The molecule has 1 aromatic rings. The molecule has 10 heteroatoms. The summed E-state index contributed by atoms with van der Waals surface area (Å²) >= 11 is 4.00. The zero-order valence-electron chi connectivity index (χ0n) is 16.9. The molecule has 166 valence electrons. The van der Waals surface area contributed by atoms with E-state index < -0.39 is 35.8 Å². The lowest BCUT2D eigenvalue weighted by atomic mass is 10.0. The third kappa shape index (κ3) is 8.03. The summed E-state index contributed by atoms with van der Waals surface area (Å²) < 4.78 is 0. The first kappa shape index (κ1) is 25.4. The molecule has 1 aromatic carbocycles. The van der Waals surface area contributed by atoms with Crippen LogP contribution < -0.4 is 11.1 Å². The van der Waals surface area contributed by atoms with E-state index in [0.29, 0.717) is 36.3 Å². The van der Waals surface area contributed by atoms with Crippen molar-refractivity contribution in [2.75, 3.05) is 12.3 Å². The number of amides is 3. The first-order chi connectivity index (χ1) is 14.2. The van der Waals surface area contributed by atoms with Gasteiger partial charge in [0.1, 0.15) is 17.8 Å². The summed E-state index contributed by atoms with van der Waals surface area (Å²) in [5.74, 6) is -3.54. The van der Waals surface area contributed by atoms with Gasteiger partial charge in [0.25, 0.3) is 5.91 Å². The Labute approximate surface area is 181 Å². The molecule has 1 rings (SSSR count). The number of hydrogen-bond acceptors (Lipinski definition) is 7. The van der Waals surface area contributed by atoms with Gasteiger partial charge in [-0.25, -0.2) is 4.79 Å². The third-order valence-corrected chi connectivity index (χ3v) is 4.77. The first-order valence-electron chi connectivity index (χ1n) is 9.65. The summed E-state index contributed by atoms with van der Waals surface area (Å²) in [7, 11) is 0. The van der Waals surface area contributed by atoms with E-state index in [9.17, 15) is 29.4 Å². The molecule has 0 aliphatic heterocycles. The van der Waals surface area contributed by atoms with E-state index in [2.05, 4.69) is 17.9 Å². The van der Waals surface area contributed by atoms with Crippen molar-refractivity contribution >= 4 is 36.3 Å². The van der Waals surface area contributed by atoms with E-state index in [1.807, 2.05) is 0 Å². The molecule has 0 radical (unpaired) electrons. The van der Waals surface area contributed by atoms with Crippen molar-refractivity contribution in [3.8, 4) is 5.75 Å². The topological polar surface area (TPSA) is 150 Å². The molecule has 0 bridgehead atoms. The van der Waals surface area contributed by atoms with Crippen molar-refractivity contribution in [2.45, 2.75) is 51.1 Å². The lowest BCUT2D eigenvalue weighted by Gasteiger charge is -2.30. The van der Waals surface area contributed by atoms with Crippen molar-refractivity contribution in [3.63, 3.8) is 0 Å². The van der Waals surface area contributed by atoms with Crippen LogP contribution in [0.25, 0.3) is 0 Å². The van der Waals surface area contributed by atoms with Crippen LogP contribution in [0.3, 0.4) is 0 Å². The number of aliphatic carboxylic acids is 1. The van der Waals surface area contributed by atoms with Gasteiger partial charge in [0.2, 0.25) is 11.8 Å². The van der Waals surface area contributed by atoms with Crippen molar-refractivity contribution in [1.82, 2.24) is 10.2 Å². The monoisotopic (exact) mass is 439 g/mol. The quantitative estimate of drug-likeness (QED) is 0.238. The molecule has 0 aliphatic carbocycles. The van der Waals surface area contributed by atoms with Gasteiger partial charge in [-0.15, -0.1) is 0 Å². The molecule has 9 nitrogen and oxygen atoms in total. The zero-order chi connectivity index (χ0) is 22.7. The fraction of sp³-hybridized carbons (Fsp3) is 0.500. The molecule has 0 fully saturated rings. The summed E-state index contributed by atoms with van der Waals surface area (Å²) in [6.45, 7) is 1.70. The number of nitrogens with two attached hydrogens (primary N) is 1. The molecular formula is C20H29N3O6S. The van der Waals surface area contributed by atoms with Crippen molar-refractivity contribution in [3.05, 3.63) is 29.8 Å². The largest absolute Gasteiger partial charge is 0.508 e. The second-order valence-electron chi connectivity index (χ2n) is 6.86. The minimum absolute atomic E-state index is 0.0186. The molecule has 5 N–H and O–H groups in total. The maximum Gasteiger partial charge on any atom is 0.327 e. The van der Waals surface area contributed by atoms with E-state index in [1.165, 1.54) is 19.1 Å². The van der Waals surface area contributed by atoms with Crippen LogP contribution in [0.5, 0.6) is 5.75 Å². The van der Waals surface area contributed by atoms with Crippen LogP contribution in [0.2, 0.25) is 0 Å². The Bertz CT molecular complexity index is 741. The highest BCUT2D eigenvalue weighted by Crippen LogP contribution is 2.16. The Kier molecular flexibility index (Phi) is 10.9. The molecular weight excluding hydrogens is 410 g/mol. The molecule has 0 aromatic heterocycles. The number of nitrogens with one attached hydrogen (secondary N) is 1. The number of nitrogens with zero attached hydrogens (tertiary/aromatic N) is 1. The minimum Gasteiger partial charge on any atom is -0.508 e. The molecule has 0 heterocycles. The Balaban J connectivity index is 3.15. The molecule has 0 spiro atoms. The number of carboxylic acid groups (broad SMARTS) is 1. The average Bonchev–Trinajstić information content (AvgIpc) is 2.69. The fourth-order valence-electron chi connectivity index (χ4n) is 2.92. The number of thiol groups is 1. The lowest BCUT2D eigenvalue weighted by Crippen LogP contribution is -2.57. The van der Waals surface area contributed by atoms with Crippen LogP contribution in [0.15, 0.2) is 24.3 Å². The number of hydrogen-bond donors (Lipinski definition) is 5. The zero-order valence-corrected chi connectivity index (χ0v) is 17.8. The number of benzene rings is 1. The van der Waals surface area contributed by atoms with Crippen LogP contribution in [0, 0.1) is 0 Å². The second kappa shape index (κ2) is 12.9. The highest BCUT2D eigenvalue weighted by Gasteiger charge is 2.37. The Morgan fingerprint density at radius 1 is 1.13 bits per heavy atom. The number of carbonyl (C=O) groups is 4. The predicted molar refractivity (Wildman–Crippen MR) is 114 cm³/mol. The molecule has 0 saturated heterocycles. The average molecular weight is 440 g/mol. The normalized spacial score (nSPS) is 12.6. The van der Waals surface area contributed by atoms with Gasteiger partial charge >= 0.3 is 5.97 Å². The van der Waals surface area contributed by atoms with Gasteiger partial charge in [0, 0.05) is 25.5 Å². The maximum atomic E-state index is 13.2. The summed E-state index contributed by atoms with van der Waals surface area (Å²) in [5.41, 5.74) is 6.06. The second-order valence-corrected chi connectivity index (χ2v) is 7.23. The Hall–Kier alpha value is -2.59. The number of carbonyl (C=O) groups excluding carboxylic acids is 3. The van der Waals surface area contributed by atoms with E-state index in [4.69, 9.17) is 5.73 Å². The number of aromatic hydroxyl groups is 1. The number of rotatable bonds is 12. The molecule has 0 aliphatic rings. The van der Waals surface area contributed by atoms with Gasteiger partial charge < -0.3 is 21.3 Å². The number of phenols is 1. The van der Waals surface area contributed by atoms with Crippen molar-refractivity contribution < 1.29 is 29.4 Å². The number of carboxylic acids is 1. The minimum atomic E-state index is -1.46. The summed E-state index contributed by atoms with van der Waals surface area (Å²) in [6.07, 6.45) is 1.85. The number of phenolic OH excluding ortho intramolecular Hbond substituents is 1. The highest BCUT2D eigenvalue weighted by atomic mass is 32.1. The number of unbranched alkanes of at least 4 members (excludes halogenated alkanes) is 2. The van der Waals surface area contributed by atoms with Crippen LogP contribution >= 0.6 is 12.6 Å². The predicted octanol–water partition coefficient (Wildman–Crippen LogP) is 0.697. The standard InChI is InChI=1S/C20H29N3O6S/c1-13(24)22-16(11-14-6-8-15(25)9-7-14)19(27)23(17(12-30)20(28)29)18(26)5-3-2-4-10-21/h6-9,16-17,25,30H,2-5,10-12,21H2,1H3,(H,22,24)(H,28,29)/t16-,17-/m0/s1. The molecule has 0 unspecified atom stereocenters. The van der Waals surface area contributed by atoms with E-state index in [1.54, 1.807) is 12.1 Å². The van der Waals surface area contributed by atoms with E-state index >= 15 is 0 Å².